The Morgan fingerprint density at radius 1 is 1.07 bits per heavy atom. The van der Waals surface area contributed by atoms with E-state index >= 15 is 0 Å². The zero-order valence-electron chi connectivity index (χ0n) is 22.5. The van der Waals surface area contributed by atoms with Gasteiger partial charge in [0.2, 0.25) is 5.82 Å². The predicted octanol–water partition coefficient (Wildman–Crippen LogP) is 2.74. The highest BCUT2D eigenvalue weighted by atomic mass is 16.2. The monoisotopic (exact) mass is 542 g/mol. The Kier molecular flexibility index (Phi) is 7.57. The molecule has 5 aromatic rings. The van der Waals surface area contributed by atoms with Crippen molar-refractivity contribution >= 4 is 23.2 Å². The minimum Gasteiger partial charge on any atom is -0.383 e. The Labute approximate surface area is 229 Å². The third-order valence-corrected chi connectivity index (χ3v) is 6.81. The zero-order chi connectivity index (χ0) is 28.2. The Hall–Kier alpha value is -5.01. The lowest BCUT2D eigenvalue weighted by Gasteiger charge is -2.30. The molecule has 0 bridgehead atoms. The molecular weight excluding hydrogens is 512 g/mol. The van der Waals surface area contributed by atoms with Crippen LogP contribution in [-0.4, -0.2) is 79.1 Å². The standard InChI is InChI=1S/C26H30N12O2/c1-4-10-37(26(40)24-30-14-32-36-24)17(5-2)7-9-19-21(15(3)39)22(27)38-25(34-19)18(12-33-38)16-6-8-20(28-11-16)23-29-13-31-35-23/h6,8,11-14,17H,4-5,7,9-10,27H2,1-3H3,(H,29,31,35)(H,30,32,36)/t17-/m1/s1. The van der Waals surface area contributed by atoms with E-state index in [1.54, 1.807) is 12.4 Å². The van der Waals surface area contributed by atoms with Gasteiger partial charge in [-0.15, -0.1) is 0 Å². The van der Waals surface area contributed by atoms with Crippen molar-refractivity contribution in [3.63, 3.8) is 0 Å². The molecule has 0 aliphatic heterocycles. The number of anilines is 1. The second-order valence-corrected chi connectivity index (χ2v) is 9.37. The first-order chi connectivity index (χ1) is 19.4. The van der Waals surface area contributed by atoms with Crippen molar-refractivity contribution < 1.29 is 9.59 Å². The van der Waals surface area contributed by atoms with Crippen LogP contribution in [0.25, 0.3) is 28.3 Å². The van der Waals surface area contributed by atoms with Gasteiger partial charge >= 0.3 is 0 Å². The van der Waals surface area contributed by atoms with Gasteiger partial charge in [0.05, 0.1) is 17.5 Å². The highest BCUT2D eigenvalue weighted by molar-refractivity contribution is 6.00. The van der Waals surface area contributed by atoms with Crippen molar-refractivity contribution in [3.8, 4) is 22.6 Å². The summed E-state index contributed by atoms with van der Waals surface area (Å²) in [6, 6.07) is 3.62. The molecule has 0 aromatic carbocycles. The number of nitrogen functional groups attached to an aromatic ring is 1. The fourth-order valence-corrected chi connectivity index (χ4v) is 4.87. The molecule has 5 rings (SSSR count). The molecular formula is C26H30N12O2. The van der Waals surface area contributed by atoms with E-state index in [4.69, 9.17) is 10.7 Å². The van der Waals surface area contributed by atoms with Gasteiger partial charge in [-0.25, -0.2) is 15.0 Å². The molecule has 0 saturated heterocycles. The van der Waals surface area contributed by atoms with Gasteiger partial charge in [0.25, 0.3) is 5.91 Å². The van der Waals surface area contributed by atoms with Crippen LogP contribution in [-0.2, 0) is 6.42 Å². The lowest BCUT2D eigenvalue weighted by molar-refractivity contribution is 0.0650. The number of fused-ring (bicyclic) bond motifs is 1. The summed E-state index contributed by atoms with van der Waals surface area (Å²) in [5, 5.41) is 17.6. The Balaban J connectivity index is 1.47. The molecule has 0 spiro atoms. The van der Waals surface area contributed by atoms with Gasteiger partial charge < -0.3 is 10.6 Å². The molecule has 4 N–H and O–H groups in total. The highest BCUT2D eigenvalue weighted by Crippen LogP contribution is 2.29. The smallest absolute Gasteiger partial charge is 0.291 e. The van der Waals surface area contributed by atoms with Gasteiger partial charge in [0.15, 0.2) is 17.3 Å². The number of carbonyl (C=O) groups excluding carboxylic acids is 2. The van der Waals surface area contributed by atoms with Crippen LogP contribution in [0, 0.1) is 0 Å². The second kappa shape index (κ2) is 11.4. The first-order valence-electron chi connectivity index (χ1n) is 13.1. The number of aryl methyl sites for hydroxylation is 1. The maximum atomic E-state index is 13.2. The van der Waals surface area contributed by atoms with E-state index in [1.807, 2.05) is 30.9 Å². The first-order valence-corrected chi connectivity index (χ1v) is 13.1. The molecule has 0 saturated carbocycles. The number of rotatable bonds is 11. The number of carbonyl (C=O) groups is 2. The van der Waals surface area contributed by atoms with E-state index in [2.05, 4.69) is 40.4 Å². The van der Waals surface area contributed by atoms with Gasteiger partial charge in [-0.2, -0.15) is 19.8 Å². The van der Waals surface area contributed by atoms with Gasteiger partial charge in [0, 0.05) is 29.9 Å². The number of aromatic amines is 2. The number of hydrogen-bond acceptors (Lipinski definition) is 10. The van der Waals surface area contributed by atoms with Crippen LogP contribution in [0.15, 0.2) is 37.2 Å². The quantitative estimate of drug-likeness (QED) is 0.209. The molecule has 0 unspecified atom stereocenters. The Morgan fingerprint density at radius 2 is 1.88 bits per heavy atom. The molecule has 0 fully saturated rings. The topological polar surface area (TPSA) is 190 Å². The molecule has 0 aliphatic carbocycles. The van der Waals surface area contributed by atoms with Crippen LogP contribution in [0.1, 0.15) is 66.7 Å². The van der Waals surface area contributed by atoms with Gasteiger partial charge in [-0.3, -0.25) is 24.8 Å². The van der Waals surface area contributed by atoms with Crippen molar-refractivity contribution in [1.29, 1.82) is 0 Å². The maximum Gasteiger partial charge on any atom is 0.291 e. The third-order valence-electron chi connectivity index (χ3n) is 6.81. The van der Waals surface area contributed by atoms with Crippen molar-refractivity contribution in [2.75, 3.05) is 12.3 Å². The summed E-state index contributed by atoms with van der Waals surface area (Å²) >= 11 is 0. The number of amides is 1. The molecule has 1 amide bonds. The molecule has 1 atom stereocenters. The minimum absolute atomic E-state index is 0.103. The molecule has 0 aliphatic rings. The number of nitrogens with two attached hydrogens (primary N) is 1. The van der Waals surface area contributed by atoms with E-state index in [9.17, 15) is 9.59 Å². The van der Waals surface area contributed by atoms with Gasteiger partial charge in [-0.05, 0) is 38.7 Å². The number of pyridine rings is 1. The molecule has 40 heavy (non-hydrogen) atoms. The summed E-state index contributed by atoms with van der Waals surface area (Å²) in [5.41, 5.74) is 10.0. The maximum absolute atomic E-state index is 13.2. The van der Waals surface area contributed by atoms with Crippen LogP contribution in [0.4, 0.5) is 5.82 Å². The Morgan fingerprint density at radius 3 is 2.50 bits per heavy atom. The lowest BCUT2D eigenvalue weighted by Crippen LogP contribution is -2.41. The van der Waals surface area contributed by atoms with Crippen LogP contribution in [0.5, 0.6) is 0 Å². The normalized spacial score (nSPS) is 12.1. The summed E-state index contributed by atoms with van der Waals surface area (Å²) in [5.74, 6) is 0.577. The van der Waals surface area contributed by atoms with E-state index in [-0.39, 0.29) is 29.4 Å². The number of nitrogens with zero attached hydrogens (tertiary/aromatic N) is 9. The number of H-pyrrole nitrogens is 2. The van der Waals surface area contributed by atoms with Crippen LogP contribution >= 0.6 is 0 Å². The summed E-state index contributed by atoms with van der Waals surface area (Å²) in [4.78, 5) is 45.2. The number of Topliss-reactive ketones (excluding diaryl/α,β-unsaturated/α-hetero) is 1. The SMILES string of the molecule is CCCN(C(=O)c1ncn[nH]1)[C@H](CC)CCc1nc2c(-c3ccc(-c4ncn[nH]4)nc3)cnn2c(N)c1C(C)=O. The minimum atomic E-state index is -0.208. The summed E-state index contributed by atoms with van der Waals surface area (Å²) in [7, 11) is 0. The Bertz CT molecular complexity index is 1610. The molecule has 5 aromatic heterocycles. The van der Waals surface area contributed by atoms with E-state index in [0.717, 1.165) is 17.5 Å². The molecule has 14 heteroatoms. The average molecular weight is 543 g/mol. The zero-order valence-corrected chi connectivity index (χ0v) is 22.5. The number of aromatic nitrogens is 10. The highest BCUT2D eigenvalue weighted by Gasteiger charge is 2.27. The molecule has 14 nitrogen and oxygen atoms in total. The second-order valence-electron chi connectivity index (χ2n) is 9.37. The largest absolute Gasteiger partial charge is 0.383 e. The summed E-state index contributed by atoms with van der Waals surface area (Å²) in [6.07, 6.45) is 8.62. The lowest BCUT2D eigenvalue weighted by atomic mass is 10.0. The number of nitrogens with one attached hydrogen (secondary N) is 2. The van der Waals surface area contributed by atoms with E-state index in [1.165, 1.54) is 24.1 Å². The van der Waals surface area contributed by atoms with Crippen molar-refractivity contribution in [2.24, 2.45) is 0 Å². The van der Waals surface area contributed by atoms with Crippen molar-refractivity contribution in [1.82, 2.24) is 54.8 Å². The van der Waals surface area contributed by atoms with Gasteiger partial charge in [0.1, 0.15) is 24.2 Å². The fourth-order valence-electron chi connectivity index (χ4n) is 4.87. The molecule has 0 radical (unpaired) electrons. The first kappa shape index (κ1) is 26.6. The number of hydrogen-bond donors (Lipinski definition) is 3. The van der Waals surface area contributed by atoms with Crippen LogP contribution in [0.3, 0.4) is 0 Å². The van der Waals surface area contributed by atoms with Gasteiger partial charge in [-0.1, -0.05) is 19.9 Å². The van der Waals surface area contributed by atoms with E-state index in [0.29, 0.717) is 54.2 Å². The number of ketones is 1. The summed E-state index contributed by atoms with van der Waals surface area (Å²) < 4.78 is 1.48. The van der Waals surface area contributed by atoms with Crippen molar-refractivity contribution in [3.05, 3.63) is 54.3 Å². The van der Waals surface area contributed by atoms with Crippen LogP contribution in [0.2, 0.25) is 0 Å². The fraction of sp³-hybridized carbons (Fsp3) is 0.346. The van der Waals surface area contributed by atoms with Crippen molar-refractivity contribution in [2.45, 2.75) is 52.5 Å². The predicted molar refractivity (Wildman–Crippen MR) is 146 cm³/mol. The van der Waals surface area contributed by atoms with E-state index < -0.39 is 0 Å². The summed E-state index contributed by atoms with van der Waals surface area (Å²) in [6.45, 7) is 6.08. The molecule has 206 valence electrons. The van der Waals surface area contributed by atoms with Crippen LogP contribution < -0.4 is 5.73 Å². The molecule has 5 heterocycles. The average Bonchev–Trinajstić information content (AvgIpc) is 3.74. The third kappa shape index (κ3) is 5.02.